The minimum atomic E-state index is -1.30. The Kier molecular flexibility index (Phi) is 11.5. The summed E-state index contributed by atoms with van der Waals surface area (Å²) in [6, 6.07) is 11.3. The number of pyridine rings is 1. The monoisotopic (exact) mass is 715 g/mol. The summed E-state index contributed by atoms with van der Waals surface area (Å²) < 4.78 is 20.1. The molecule has 52 heavy (non-hydrogen) atoms. The zero-order chi connectivity index (χ0) is 38.1. The van der Waals surface area contributed by atoms with Gasteiger partial charge in [-0.2, -0.15) is 0 Å². The maximum absolute atomic E-state index is 13.8. The Morgan fingerprint density at radius 3 is 2.35 bits per heavy atom. The highest BCUT2D eigenvalue weighted by Crippen LogP contribution is 2.45. The van der Waals surface area contributed by atoms with Crippen LogP contribution < -0.4 is 10.2 Å². The lowest BCUT2D eigenvalue weighted by atomic mass is 9.81. The van der Waals surface area contributed by atoms with Gasteiger partial charge in [0.05, 0.1) is 23.5 Å². The van der Waals surface area contributed by atoms with Crippen molar-refractivity contribution in [1.29, 1.82) is 0 Å². The van der Waals surface area contributed by atoms with E-state index in [1.807, 2.05) is 33.8 Å². The van der Waals surface area contributed by atoms with E-state index in [2.05, 4.69) is 47.2 Å². The Bertz CT molecular complexity index is 1840. The largest absolute Gasteiger partial charge is 0.479 e. The van der Waals surface area contributed by atoms with Crippen molar-refractivity contribution < 1.29 is 28.6 Å². The van der Waals surface area contributed by atoms with E-state index in [1.165, 1.54) is 36.2 Å². The summed E-state index contributed by atoms with van der Waals surface area (Å²) >= 11 is 0. The molecule has 3 heterocycles. The van der Waals surface area contributed by atoms with Gasteiger partial charge in [-0.3, -0.25) is 19.5 Å². The number of hydrogen-bond acceptors (Lipinski definition) is 7. The number of benzene rings is 2. The summed E-state index contributed by atoms with van der Waals surface area (Å²) in [7, 11) is 3.05. The molecular formula is C41H54FN5O5. The highest BCUT2D eigenvalue weighted by molar-refractivity contribution is 6.34. The van der Waals surface area contributed by atoms with Crippen molar-refractivity contribution in [2.24, 2.45) is 5.41 Å². The van der Waals surface area contributed by atoms with Crippen molar-refractivity contribution in [1.82, 2.24) is 20.1 Å². The minimum absolute atomic E-state index is 0.0268. The molecule has 3 aromatic rings. The average Bonchev–Trinajstić information content (AvgIpc) is 3.06. The van der Waals surface area contributed by atoms with E-state index < -0.39 is 29.5 Å². The molecule has 1 atom stereocenters. The fourth-order valence-corrected chi connectivity index (χ4v) is 7.18. The average molecular weight is 716 g/mol. The lowest BCUT2D eigenvalue weighted by Gasteiger charge is -2.41. The van der Waals surface area contributed by atoms with Crippen LogP contribution in [-0.2, 0) is 45.2 Å². The molecule has 1 fully saturated rings. The molecule has 2 amide bonds. The van der Waals surface area contributed by atoms with E-state index in [-0.39, 0.29) is 17.8 Å². The molecule has 0 unspecified atom stereocenters. The fraction of sp³-hybridized carbons (Fsp3) is 0.512. The number of piperidine rings is 1. The number of nitrogens with one attached hydrogen (secondary N) is 1. The quantitative estimate of drug-likeness (QED) is 0.247. The van der Waals surface area contributed by atoms with Gasteiger partial charge in [0.2, 0.25) is 0 Å². The number of carbonyl (C=O) groups is 3. The standard InChI is InChI=1S/C41H54FN5O5/c1-25-20-31(42)13-12-29(25)23-46-17-14-27-21-28(10-11-30(27)24-46)34-32(22-43-37(48)38(49)45(8)9)44-26(2)33(36(39(50)51)52-40(3,4)5)35(34)47-18-15-41(6,7)16-19-47/h10-13,20-21,36H,14-19,22-24H2,1-9H3,(H,43,48)(H,50,51)/t36-/m0/s1. The highest BCUT2D eigenvalue weighted by atomic mass is 19.1. The number of carbonyl (C=O) groups excluding carboxylic acids is 2. The van der Waals surface area contributed by atoms with Crippen LogP contribution >= 0.6 is 0 Å². The van der Waals surface area contributed by atoms with Gasteiger partial charge in [0.1, 0.15) is 5.82 Å². The van der Waals surface area contributed by atoms with E-state index >= 15 is 0 Å². The van der Waals surface area contributed by atoms with Gasteiger partial charge in [0.25, 0.3) is 0 Å². The van der Waals surface area contributed by atoms with Crippen LogP contribution in [0.5, 0.6) is 0 Å². The van der Waals surface area contributed by atoms with Gasteiger partial charge in [-0.25, -0.2) is 9.18 Å². The normalized spacial score (nSPS) is 16.6. The van der Waals surface area contributed by atoms with E-state index in [0.29, 0.717) is 36.6 Å². The Morgan fingerprint density at radius 1 is 1.04 bits per heavy atom. The summed E-state index contributed by atoms with van der Waals surface area (Å²) in [4.78, 5) is 49.3. The molecule has 280 valence electrons. The van der Waals surface area contributed by atoms with Gasteiger partial charge in [-0.05, 0) is 99.2 Å². The summed E-state index contributed by atoms with van der Waals surface area (Å²) in [5.74, 6) is -2.76. The first kappa shape index (κ1) is 38.9. The molecule has 2 N–H and O–H groups in total. The number of aryl methyl sites for hydroxylation is 2. The zero-order valence-electron chi connectivity index (χ0n) is 32.2. The van der Waals surface area contributed by atoms with Crippen molar-refractivity contribution in [2.75, 3.05) is 38.6 Å². The van der Waals surface area contributed by atoms with Crippen LogP contribution in [0.4, 0.5) is 10.1 Å². The number of aromatic nitrogens is 1. The Labute approximate surface area is 307 Å². The summed E-state index contributed by atoms with van der Waals surface area (Å²) in [6.45, 7) is 17.4. The lowest BCUT2D eigenvalue weighted by Crippen LogP contribution is -2.40. The Hall–Kier alpha value is -4.35. The van der Waals surface area contributed by atoms with Gasteiger partial charge in [-0.1, -0.05) is 38.1 Å². The third kappa shape index (κ3) is 8.98. The molecule has 1 aromatic heterocycles. The number of aliphatic carboxylic acids is 1. The van der Waals surface area contributed by atoms with Crippen LogP contribution in [0.3, 0.4) is 0 Å². The third-order valence-electron chi connectivity index (χ3n) is 10.2. The van der Waals surface area contributed by atoms with Crippen molar-refractivity contribution >= 4 is 23.5 Å². The van der Waals surface area contributed by atoms with Crippen molar-refractivity contribution in [3.63, 3.8) is 0 Å². The Balaban J connectivity index is 1.65. The van der Waals surface area contributed by atoms with Crippen LogP contribution in [0.1, 0.15) is 92.8 Å². The molecule has 0 saturated carbocycles. The molecule has 5 rings (SSSR count). The number of carboxylic acid groups (broad SMARTS) is 1. The van der Waals surface area contributed by atoms with Crippen LogP contribution in [0.25, 0.3) is 11.1 Å². The molecule has 2 aromatic carbocycles. The first-order chi connectivity index (χ1) is 24.3. The second kappa shape index (κ2) is 15.3. The van der Waals surface area contributed by atoms with Crippen molar-refractivity contribution in [3.8, 4) is 11.1 Å². The third-order valence-corrected chi connectivity index (χ3v) is 10.2. The molecule has 1 saturated heterocycles. The Morgan fingerprint density at radius 2 is 1.73 bits per heavy atom. The van der Waals surface area contributed by atoms with Gasteiger partial charge < -0.3 is 25.0 Å². The number of fused-ring (bicyclic) bond motifs is 1. The topological polar surface area (TPSA) is 115 Å². The van der Waals surface area contributed by atoms with Gasteiger partial charge >= 0.3 is 17.8 Å². The zero-order valence-corrected chi connectivity index (χ0v) is 32.2. The van der Waals surface area contributed by atoms with Crippen LogP contribution in [0, 0.1) is 25.1 Å². The van der Waals surface area contributed by atoms with E-state index in [9.17, 15) is 23.9 Å². The maximum Gasteiger partial charge on any atom is 0.337 e. The van der Waals surface area contributed by atoms with Gasteiger partial charge in [-0.15, -0.1) is 0 Å². The number of amides is 2. The van der Waals surface area contributed by atoms with Crippen molar-refractivity contribution in [3.05, 3.63) is 81.4 Å². The molecular weight excluding hydrogens is 661 g/mol. The van der Waals surface area contributed by atoms with Crippen LogP contribution in [0.15, 0.2) is 36.4 Å². The van der Waals surface area contributed by atoms with Crippen LogP contribution in [-0.4, -0.2) is 77.0 Å². The number of likely N-dealkylation sites (N-methyl/N-ethyl adjacent to an activating group) is 1. The number of ether oxygens (including phenoxy) is 1. The highest BCUT2D eigenvalue weighted by Gasteiger charge is 2.37. The van der Waals surface area contributed by atoms with Crippen LogP contribution in [0.2, 0.25) is 0 Å². The van der Waals surface area contributed by atoms with Gasteiger partial charge in [0, 0.05) is 63.6 Å². The SMILES string of the molecule is Cc1cc(F)ccc1CN1CCc2cc(-c3c(CNC(=O)C(=O)N(C)C)nc(C)c([C@H](OC(C)(C)C)C(=O)O)c3N3CCC(C)(C)CC3)ccc2C1. The molecule has 0 bridgehead atoms. The molecule has 0 radical (unpaired) electrons. The van der Waals surface area contributed by atoms with Crippen molar-refractivity contribution in [2.45, 2.75) is 99.1 Å². The first-order valence-corrected chi connectivity index (χ1v) is 18.1. The number of halogens is 1. The molecule has 0 spiro atoms. The maximum atomic E-state index is 13.8. The number of anilines is 1. The molecule has 2 aliphatic heterocycles. The number of carboxylic acids is 1. The predicted molar refractivity (Wildman–Crippen MR) is 200 cm³/mol. The second-order valence-electron chi connectivity index (χ2n) is 16.3. The van der Waals surface area contributed by atoms with E-state index in [1.54, 1.807) is 13.0 Å². The second-order valence-corrected chi connectivity index (χ2v) is 16.3. The molecule has 11 heteroatoms. The molecule has 2 aliphatic rings. The van der Waals surface area contributed by atoms with Gasteiger partial charge in [0.15, 0.2) is 6.10 Å². The van der Waals surface area contributed by atoms with E-state index in [4.69, 9.17) is 9.72 Å². The lowest BCUT2D eigenvalue weighted by molar-refractivity contribution is -0.160. The summed E-state index contributed by atoms with van der Waals surface area (Å²) in [5.41, 5.74) is 7.62. The number of rotatable bonds is 9. The minimum Gasteiger partial charge on any atom is -0.479 e. The summed E-state index contributed by atoms with van der Waals surface area (Å²) in [5, 5.41) is 13.4. The number of nitrogens with zero attached hydrogens (tertiary/aromatic N) is 4. The van der Waals surface area contributed by atoms with E-state index in [0.717, 1.165) is 60.3 Å². The predicted octanol–water partition coefficient (Wildman–Crippen LogP) is 6.33. The smallest absolute Gasteiger partial charge is 0.337 e. The fourth-order valence-electron chi connectivity index (χ4n) is 7.18. The summed E-state index contributed by atoms with van der Waals surface area (Å²) in [6.07, 6.45) is 1.30. The molecule has 10 nitrogen and oxygen atoms in total. The number of hydrogen-bond donors (Lipinski definition) is 2. The first-order valence-electron chi connectivity index (χ1n) is 18.1. The molecule has 0 aliphatic carbocycles.